The fourth-order valence-electron chi connectivity index (χ4n) is 2.20. The molecule has 0 bridgehead atoms. The van der Waals surface area contributed by atoms with Gasteiger partial charge in [0, 0.05) is 10.0 Å². The normalized spacial score (nSPS) is 11.2. The van der Waals surface area contributed by atoms with E-state index < -0.39 is 0 Å². The second-order valence-corrected chi connectivity index (χ2v) is 5.86. The molecule has 0 aliphatic rings. The van der Waals surface area contributed by atoms with E-state index in [4.69, 9.17) is 0 Å². The number of fused-ring (bicyclic) bond motifs is 1. The molecule has 1 heterocycles. The quantitative estimate of drug-likeness (QED) is 0.678. The Morgan fingerprint density at radius 1 is 0.947 bits per heavy atom. The van der Waals surface area contributed by atoms with Crippen LogP contribution in [0.2, 0.25) is 0 Å². The Labute approximate surface area is 121 Å². The SMILES string of the molecule is Cc1cc2nc(-c3ccc(Br)c(C)c3)[nH]c2cc1C. The van der Waals surface area contributed by atoms with Crippen molar-refractivity contribution in [3.8, 4) is 11.4 Å². The molecule has 19 heavy (non-hydrogen) atoms. The van der Waals surface area contributed by atoms with E-state index in [9.17, 15) is 0 Å². The Bertz CT molecular complexity index is 733. The van der Waals surface area contributed by atoms with Gasteiger partial charge in [-0.05, 0) is 61.7 Å². The highest BCUT2D eigenvalue weighted by Crippen LogP contribution is 2.26. The van der Waals surface area contributed by atoms with Gasteiger partial charge >= 0.3 is 0 Å². The average molecular weight is 315 g/mol. The Hall–Kier alpha value is -1.61. The molecule has 3 heteroatoms. The average Bonchev–Trinajstić information content (AvgIpc) is 2.76. The molecule has 0 radical (unpaired) electrons. The number of hydrogen-bond donors (Lipinski definition) is 1. The third-order valence-corrected chi connectivity index (χ3v) is 4.42. The van der Waals surface area contributed by atoms with Crippen molar-refractivity contribution < 1.29 is 0 Å². The van der Waals surface area contributed by atoms with Gasteiger partial charge in [0.05, 0.1) is 11.0 Å². The number of imidazole rings is 1. The standard InChI is InChI=1S/C16H15BrN2/c1-9-7-14-15(8-10(9)2)19-16(18-14)12-4-5-13(17)11(3)6-12/h4-8H,1-3H3,(H,18,19). The summed E-state index contributed by atoms with van der Waals surface area (Å²) in [6.45, 7) is 6.33. The van der Waals surface area contributed by atoms with Crippen LogP contribution in [-0.4, -0.2) is 9.97 Å². The predicted octanol–water partition coefficient (Wildman–Crippen LogP) is 4.92. The van der Waals surface area contributed by atoms with E-state index in [1.54, 1.807) is 0 Å². The van der Waals surface area contributed by atoms with E-state index in [2.05, 4.69) is 77.0 Å². The molecule has 1 N–H and O–H groups in total. The Balaban J connectivity index is 2.17. The van der Waals surface area contributed by atoms with Gasteiger partial charge < -0.3 is 4.98 Å². The number of hydrogen-bond acceptors (Lipinski definition) is 1. The number of benzene rings is 2. The smallest absolute Gasteiger partial charge is 0.138 e. The summed E-state index contributed by atoms with van der Waals surface area (Å²) < 4.78 is 1.12. The van der Waals surface area contributed by atoms with Crippen molar-refractivity contribution in [1.29, 1.82) is 0 Å². The maximum Gasteiger partial charge on any atom is 0.138 e. The van der Waals surface area contributed by atoms with Crippen LogP contribution < -0.4 is 0 Å². The minimum atomic E-state index is 0.926. The van der Waals surface area contributed by atoms with Crippen LogP contribution in [0.4, 0.5) is 0 Å². The number of nitrogens with zero attached hydrogens (tertiary/aromatic N) is 1. The molecule has 0 atom stereocenters. The van der Waals surface area contributed by atoms with Crippen LogP contribution >= 0.6 is 15.9 Å². The molecule has 0 amide bonds. The lowest BCUT2D eigenvalue weighted by Crippen LogP contribution is -1.82. The van der Waals surface area contributed by atoms with Crippen LogP contribution in [0.15, 0.2) is 34.8 Å². The monoisotopic (exact) mass is 314 g/mol. The van der Waals surface area contributed by atoms with E-state index >= 15 is 0 Å². The van der Waals surface area contributed by atoms with E-state index in [0.717, 1.165) is 26.9 Å². The lowest BCUT2D eigenvalue weighted by atomic mass is 10.1. The highest BCUT2D eigenvalue weighted by molar-refractivity contribution is 9.10. The molecule has 0 saturated heterocycles. The van der Waals surface area contributed by atoms with Crippen LogP contribution in [0, 0.1) is 20.8 Å². The first-order valence-corrected chi connectivity index (χ1v) is 7.07. The van der Waals surface area contributed by atoms with Crippen LogP contribution in [0.25, 0.3) is 22.4 Å². The van der Waals surface area contributed by atoms with Gasteiger partial charge in [0.25, 0.3) is 0 Å². The van der Waals surface area contributed by atoms with Crippen molar-refractivity contribution in [3.05, 3.63) is 51.5 Å². The van der Waals surface area contributed by atoms with Crippen molar-refractivity contribution in [2.75, 3.05) is 0 Å². The molecule has 3 rings (SSSR count). The minimum Gasteiger partial charge on any atom is -0.338 e. The number of aromatic nitrogens is 2. The molecule has 0 fully saturated rings. The lowest BCUT2D eigenvalue weighted by molar-refractivity contribution is 1.32. The van der Waals surface area contributed by atoms with E-state index in [0.29, 0.717) is 0 Å². The van der Waals surface area contributed by atoms with Gasteiger partial charge in [-0.3, -0.25) is 0 Å². The molecule has 3 aromatic rings. The van der Waals surface area contributed by atoms with Crippen molar-refractivity contribution in [3.63, 3.8) is 0 Å². The van der Waals surface area contributed by atoms with E-state index in [1.807, 2.05) is 0 Å². The molecule has 96 valence electrons. The topological polar surface area (TPSA) is 28.7 Å². The highest BCUT2D eigenvalue weighted by atomic mass is 79.9. The van der Waals surface area contributed by atoms with Gasteiger partial charge in [-0.25, -0.2) is 4.98 Å². The number of aryl methyl sites for hydroxylation is 3. The number of halogens is 1. The maximum atomic E-state index is 4.68. The summed E-state index contributed by atoms with van der Waals surface area (Å²) in [6.07, 6.45) is 0. The lowest BCUT2D eigenvalue weighted by Gasteiger charge is -2.00. The third kappa shape index (κ3) is 2.19. The molecule has 1 aromatic heterocycles. The zero-order valence-electron chi connectivity index (χ0n) is 11.2. The zero-order chi connectivity index (χ0) is 13.6. The highest BCUT2D eigenvalue weighted by Gasteiger charge is 2.07. The first kappa shape index (κ1) is 12.4. The fraction of sp³-hybridized carbons (Fsp3) is 0.188. The summed E-state index contributed by atoms with van der Waals surface area (Å²) in [6, 6.07) is 10.6. The van der Waals surface area contributed by atoms with Crippen molar-refractivity contribution in [2.24, 2.45) is 0 Å². The third-order valence-electron chi connectivity index (χ3n) is 3.53. The molecule has 0 saturated carbocycles. The zero-order valence-corrected chi connectivity index (χ0v) is 12.8. The van der Waals surface area contributed by atoms with Gasteiger partial charge in [0.15, 0.2) is 0 Å². The van der Waals surface area contributed by atoms with Gasteiger partial charge in [-0.2, -0.15) is 0 Å². The first-order valence-electron chi connectivity index (χ1n) is 6.28. The van der Waals surface area contributed by atoms with Crippen molar-refractivity contribution in [2.45, 2.75) is 20.8 Å². The van der Waals surface area contributed by atoms with E-state index in [1.165, 1.54) is 16.7 Å². The number of rotatable bonds is 1. The van der Waals surface area contributed by atoms with Gasteiger partial charge in [0.1, 0.15) is 5.82 Å². The fourth-order valence-corrected chi connectivity index (χ4v) is 2.44. The maximum absolute atomic E-state index is 4.68. The first-order chi connectivity index (χ1) is 9.04. The number of H-pyrrole nitrogens is 1. The minimum absolute atomic E-state index is 0.926. The van der Waals surface area contributed by atoms with E-state index in [-0.39, 0.29) is 0 Å². The molecular formula is C16H15BrN2. The van der Waals surface area contributed by atoms with Gasteiger partial charge in [-0.1, -0.05) is 22.0 Å². The summed E-state index contributed by atoms with van der Waals surface area (Å²) in [5.41, 5.74) is 7.02. The Morgan fingerprint density at radius 3 is 2.42 bits per heavy atom. The second kappa shape index (κ2) is 4.49. The van der Waals surface area contributed by atoms with Crippen LogP contribution in [0.1, 0.15) is 16.7 Å². The van der Waals surface area contributed by atoms with Crippen molar-refractivity contribution >= 4 is 27.0 Å². The van der Waals surface area contributed by atoms with Crippen LogP contribution in [0.3, 0.4) is 0 Å². The summed E-state index contributed by atoms with van der Waals surface area (Å²) in [5, 5.41) is 0. The number of nitrogens with one attached hydrogen (secondary N) is 1. The van der Waals surface area contributed by atoms with Gasteiger partial charge in [0.2, 0.25) is 0 Å². The molecule has 2 aromatic carbocycles. The number of aromatic amines is 1. The summed E-state index contributed by atoms with van der Waals surface area (Å²) in [7, 11) is 0. The van der Waals surface area contributed by atoms with Crippen molar-refractivity contribution in [1.82, 2.24) is 9.97 Å². The largest absolute Gasteiger partial charge is 0.338 e. The molecule has 0 aliphatic carbocycles. The molecular weight excluding hydrogens is 300 g/mol. The summed E-state index contributed by atoms with van der Waals surface area (Å²) >= 11 is 3.53. The molecule has 2 nitrogen and oxygen atoms in total. The Kier molecular flexibility index (Phi) is 2.94. The van der Waals surface area contributed by atoms with Crippen LogP contribution in [-0.2, 0) is 0 Å². The second-order valence-electron chi connectivity index (χ2n) is 5.00. The molecule has 0 aliphatic heterocycles. The van der Waals surface area contributed by atoms with Crippen LogP contribution in [0.5, 0.6) is 0 Å². The molecule has 0 spiro atoms. The van der Waals surface area contributed by atoms with Gasteiger partial charge in [-0.15, -0.1) is 0 Å². The summed E-state index contributed by atoms with van der Waals surface area (Å²) in [5.74, 6) is 0.926. The molecule has 0 unspecified atom stereocenters. The summed E-state index contributed by atoms with van der Waals surface area (Å²) in [4.78, 5) is 8.08. The Morgan fingerprint density at radius 2 is 1.68 bits per heavy atom. The predicted molar refractivity (Wildman–Crippen MR) is 83.4 cm³/mol.